The molecule has 4 nitrogen and oxygen atoms in total. The second-order valence-corrected chi connectivity index (χ2v) is 6.29. The zero-order valence-electron chi connectivity index (χ0n) is 9.85. The van der Waals surface area contributed by atoms with E-state index in [0.29, 0.717) is 13.0 Å². The van der Waals surface area contributed by atoms with E-state index in [0.717, 1.165) is 24.2 Å². The molecule has 1 aliphatic carbocycles. The van der Waals surface area contributed by atoms with E-state index < -0.39 is 10.0 Å². The summed E-state index contributed by atoms with van der Waals surface area (Å²) < 4.78 is 30.9. The van der Waals surface area contributed by atoms with Crippen LogP contribution in [0.4, 0.5) is 0 Å². The highest BCUT2D eigenvalue weighted by Crippen LogP contribution is 2.27. The van der Waals surface area contributed by atoms with Crippen molar-refractivity contribution in [2.24, 2.45) is 0 Å². The Labute approximate surface area is 102 Å². The second kappa shape index (κ2) is 5.06. The largest absolute Gasteiger partial charge is 0.497 e. The van der Waals surface area contributed by atoms with E-state index in [1.165, 1.54) is 0 Å². The molecule has 1 saturated carbocycles. The molecule has 1 aliphatic rings. The molecule has 94 valence electrons. The third kappa shape index (κ3) is 3.44. The highest BCUT2D eigenvalue weighted by molar-refractivity contribution is 7.90. The van der Waals surface area contributed by atoms with Gasteiger partial charge in [0.15, 0.2) is 0 Å². The Hall–Kier alpha value is -1.07. The van der Waals surface area contributed by atoms with Gasteiger partial charge in [-0.15, -0.1) is 0 Å². The van der Waals surface area contributed by atoms with E-state index >= 15 is 0 Å². The Morgan fingerprint density at radius 3 is 2.82 bits per heavy atom. The van der Waals surface area contributed by atoms with E-state index in [-0.39, 0.29) is 5.25 Å². The van der Waals surface area contributed by atoms with Crippen LogP contribution in [0.15, 0.2) is 24.3 Å². The highest BCUT2D eigenvalue weighted by Gasteiger charge is 2.35. The molecule has 0 unspecified atom stereocenters. The van der Waals surface area contributed by atoms with Crippen molar-refractivity contribution in [2.45, 2.75) is 24.5 Å². The maximum atomic E-state index is 11.6. The van der Waals surface area contributed by atoms with Crippen LogP contribution in [0.1, 0.15) is 18.4 Å². The van der Waals surface area contributed by atoms with Gasteiger partial charge in [-0.1, -0.05) is 12.1 Å². The molecule has 2 rings (SSSR count). The van der Waals surface area contributed by atoms with E-state index in [1.807, 2.05) is 24.3 Å². The van der Waals surface area contributed by atoms with Gasteiger partial charge in [0.05, 0.1) is 12.4 Å². The Morgan fingerprint density at radius 2 is 2.18 bits per heavy atom. The molecule has 0 saturated heterocycles. The molecule has 0 bridgehead atoms. The molecule has 0 amide bonds. The number of nitrogens with one attached hydrogen (secondary N) is 1. The molecule has 1 aromatic rings. The Morgan fingerprint density at radius 1 is 1.41 bits per heavy atom. The lowest BCUT2D eigenvalue weighted by Gasteiger charge is -2.06. The maximum Gasteiger partial charge on any atom is 0.214 e. The van der Waals surface area contributed by atoms with Gasteiger partial charge in [0.25, 0.3) is 0 Å². The predicted octanol–water partition coefficient (Wildman–Crippen LogP) is 1.32. The van der Waals surface area contributed by atoms with Crippen LogP contribution in [0.25, 0.3) is 0 Å². The summed E-state index contributed by atoms with van der Waals surface area (Å²) in [5.41, 5.74) is 1.07. The number of methoxy groups -OCH3 is 1. The normalized spacial score (nSPS) is 15.8. The van der Waals surface area contributed by atoms with Crippen LogP contribution < -0.4 is 9.46 Å². The molecular formula is C12H17NO3S. The number of hydrogen-bond acceptors (Lipinski definition) is 3. The molecule has 0 atom stereocenters. The lowest BCUT2D eigenvalue weighted by atomic mass is 10.1. The fraction of sp³-hybridized carbons (Fsp3) is 0.500. The zero-order valence-corrected chi connectivity index (χ0v) is 10.7. The fourth-order valence-corrected chi connectivity index (χ4v) is 3.04. The first-order valence-electron chi connectivity index (χ1n) is 5.73. The average molecular weight is 255 g/mol. The average Bonchev–Trinajstić information content (AvgIpc) is 3.13. The van der Waals surface area contributed by atoms with Crippen molar-refractivity contribution in [1.29, 1.82) is 0 Å². The van der Waals surface area contributed by atoms with Gasteiger partial charge in [0.1, 0.15) is 5.75 Å². The van der Waals surface area contributed by atoms with Crippen LogP contribution in [-0.2, 0) is 16.4 Å². The minimum Gasteiger partial charge on any atom is -0.497 e. The van der Waals surface area contributed by atoms with Crippen LogP contribution >= 0.6 is 0 Å². The van der Waals surface area contributed by atoms with Gasteiger partial charge >= 0.3 is 0 Å². The van der Waals surface area contributed by atoms with E-state index in [2.05, 4.69) is 4.72 Å². The minimum atomic E-state index is -3.05. The van der Waals surface area contributed by atoms with Gasteiger partial charge < -0.3 is 4.74 Å². The predicted molar refractivity (Wildman–Crippen MR) is 66.6 cm³/mol. The Bertz CT molecular complexity index is 480. The number of benzene rings is 1. The van der Waals surface area contributed by atoms with Crippen molar-refractivity contribution in [2.75, 3.05) is 13.7 Å². The van der Waals surface area contributed by atoms with Crippen molar-refractivity contribution < 1.29 is 13.2 Å². The van der Waals surface area contributed by atoms with Gasteiger partial charge in [-0.2, -0.15) is 0 Å². The molecule has 1 N–H and O–H groups in total. The molecular weight excluding hydrogens is 238 g/mol. The quantitative estimate of drug-likeness (QED) is 0.834. The second-order valence-electron chi connectivity index (χ2n) is 4.24. The first kappa shape index (κ1) is 12.4. The van der Waals surface area contributed by atoms with Crippen LogP contribution in [0.5, 0.6) is 5.75 Å². The number of ether oxygens (including phenoxy) is 1. The maximum absolute atomic E-state index is 11.6. The topological polar surface area (TPSA) is 55.4 Å². The molecule has 1 fully saturated rings. The zero-order chi connectivity index (χ0) is 12.3. The summed E-state index contributed by atoms with van der Waals surface area (Å²) in [4.78, 5) is 0. The number of sulfonamides is 1. The SMILES string of the molecule is COc1cccc(CCNS(=O)(=O)C2CC2)c1. The smallest absolute Gasteiger partial charge is 0.214 e. The van der Waals surface area contributed by atoms with E-state index in [9.17, 15) is 8.42 Å². The summed E-state index contributed by atoms with van der Waals surface area (Å²) in [5, 5.41) is -0.146. The van der Waals surface area contributed by atoms with Crippen LogP contribution in [-0.4, -0.2) is 27.3 Å². The van der Waals surface area contributed by atoms with Crippen LogP contribution in [0.2, 0.25) is 0 Å². The van der Waals surface area contributed by atoms with Gasteiger partial charge in [-0.3, -0.25) is 0 Å². The van der Waals surface area contributed by atoms with Crippen LogP contribution in [0.3, 0.4) is 0 Å². The van der Waals surface area contributed by atoms with Gasteiger partial charge in [0.2, 0.25) is 10.0 Å². The number of rotatable bonds is 6. The molecule has 5 heteroatoms. The third-order valence-corrected chi connectivity index (χ3v) is 4.77. The van der Waals surface area contributed by atoms with Crippen molar-refractivity contribution in [1.82, 2.24) is 4.72 Å². The van der Waals surface area contributed by atoms with Gasteiger partial charge in [-0.25, -0.2) is 13.1 Å². The van der Waals surface area contributed by atoms with Gasteiger partial charge in [-0.05, 0) is 37.0 Å². The molecule has 17 heavy (non-hydrogen) atoms. The molecule has 0 aromatic heterocycles. The lowest BCUT2D eigenvalue weighted by molar-refractivity contribution is 0.414. The first-order chi connectivity index (χ1) is 8.12. The Kier molecular flexibility index (Phi) is 3.69. The molecule has 0 heterocycles. The molecule has 1 aromatic carbocycles. The fourth-order valence-electron chi connectivity index (χ4n) is 1.66. The summed E-state index contributed by atoms with van der Waals surface area (Å²) in [7, 11) is -1.43. The first-order valence-corrected chi connectivity index (χ1v) is 7.28. The van der Waals surface area contributed by atoms with Crippen LogP contribution in [0, 0.1) is 0 Å². The monoisotopic (exact) mass is 255 g/mol. The van der Waals surface area contributed by atoms with E-state index in [4.69, 9.17) is 4.74 Å². The number of hydrogen-bond donors (Lipinski definition) is 1. The van der Waals surface area contributed by atoms with Crippen molar-refractivity contribution in [3.8, 4) is 5.75 Å². The van der Waals surface area contributed by atoms with Crippen molar-refractivity contribution in [3.05, 3.63) is 29.8 Å². The summed E-state index contributed by atoms with van der Waals surface area (Å²) in [6, 6.07) is 7.67. The summed E-state index contributed by atoms with van der Waals surface area (Å²) in [6.07, 6.45) is 2.28. The Balaban J connectivity index is 1.85. The third-order valence-electron chi connectivity index (χ3n) is 2.81. The standard InChI is InChI=1S/C12H17NO3S/c1-16-11-4-2-3-10(9-11)7-8-13-17(14,15)12-5-6-12/h2-4,9,12-13H,5-8H2,1H3. The molecule has 0 radical (unpaired) electrons. The van der Waals surface area contributed by atoms with Crippen molar-refractivity contribution in [3.63, 3.8) is 0 Å². The summed E-state index contributed by atoms with van der Waals surface area (Å²) in [5.74, 6) is 0.799. The van der Waals surface area contributed by atoms with E-state index in [1.54, 1.807) is 7.11 Å². The molecule has 0 aliphatic heterocycles. The van der Waals surface area contributed by atoms with Crippen molar-refractivity contribution >= 4 is 10.0 Å². The molecule has 0 spiro atoms. The van der Waals surface area contributed by atoms with Gasteiger partial charge in [0, 0.05) is 6.54 Å². The highest BCUT2D eigenvalue weighted by atomic mass is 32.2. The summed E-state index contributed by atoms with van der Waals surface area (Å²) in [6.45, 7) is 0.450. The summed E-state index contributed by atoms with van der Waals surface area (Å²) >= 11 is 0. The lowest BCUT2D eigenvalue weighted by Crippen LogP contribution is -2.29. The minimum absolute atomic E-state index is 0.146.